The second-order valence-electron chi connectivity index (χ2n) is 7.85. The molecule has 2 heterocycles. The summed E-state index contributed by atoms with van der Waals surface area (Å²) in [4.78, 5) is 26.9. The fraction of sp³-hybridized carbons (Fsp3) is 0.304. The number of sulfone groups is 1. The van der Waals surface area contributed by atoms with E-state index in [9.17, 15) is 18.0 Å². The molecule has 1 fully saturated rings. The average Bonchev–Trinajstić information content (AvgIpc) is 3.42. The van der Waals surface area contributed by atoms with E-state index in [0.717, 1.165) is 25.9 Å². The van der Waals surface area contributed by atoms with Crippen LogP contribution in [0.15, 0.2) is 59.6 Å². The molecule has 9 heteroatoms. The topological polar surface area (TPSA) is 88.5 Å². The normalized spacial score (nSPS) is 14.1. The maximum absolute atomic E-state index is 13.1. The summed E-state index contributed by atoms with van der Waals surface area (Å²) in [5.41, 5.74) is 1.35. The molecule has 3 aromatic rings. The van der Waals surface area contributed by atoms with Gasteiger partial charge >= 0.3 is 0 Å². The molecule has 32 heavy (non-hydrogen) atoms. The van der Waals surface area contributed by atoms with E-state index < -0.39 is 21.5 Å². The van der Waals surface area contributed by atoms with E-state index in [-0.39, 0.29) is 23.9 Å². The molecule has 4 rings (SSSR count). The largest absolute Gasteiger partial charge is 0.351 e. The first-order chi connectivity index (χ1) is 15.3. The average molecular weight is 474 g/mol. The van der Waals surface area contributed by atoms with Gasteiger partial charge in [-0.3, -0.25) is 9.59 Å². The molecule has 1 saturated heterocycles. The van der Waals surface area contributed by atoms with Gasteiger partial charge in [-0.25, -0.2) is 8.42 Å². The van der Waals surface area contributed by atoms with Gasteiger partial charge in [-0.1, -0.05) is 48.0 Å². The van der Waals surface area contributed by atoms with Crippen LogP contribution in [0.2, 0.25) is 5.02 Å². The third-order valence-corrected chi connectivity index (χ3v) is 7.61. The molecule has 0 unspecified atom stereocenters. The fourth-order valence-corrected chi connectivity index (χ4v) is 5.54. The molecule has 1 aromatic heterocycles. The first kappa shape index (κ1) is 22.4. The Balaban J connectivity index is 1.53. The number of hydrogen-bond acceptors (Lipinski definition) is 4. The summed E-state index contributed by atoms with van der Waals surface area (Å²) in [5.74, 6) is -1.34. The predicted molar refractivity (Wildman–Crippen MR) is 123 cm³/mol. The molecule has 7 nitrogen and oxygen atoms in total. The first-order valence-corrected chi connectivity index (χ1v) is 12.5. The zero-order chi connectivity index (χ0) is 22.7. The summed E-state index contributed by atoms with van der Waals surface area (Å²) in [6.45, 7) is 1.67. The van der Waals surface area contributed by atoms with Crippen molar-refractivity contribution in [3.63, 3.8) is 0 Å². The Labute approximate surface area is 191 Å². The first-order valence-electron chi connectivity index (χ1n) is 10.4. The minimum absolute atomic E-state index is 0.0373. The quantitative estimate of drug-likeness (QED) is 0.571. The Morgan fingerprint density at radius 3 is 2.44 bits per heavy atom. The molecule has 168 valence electrons. The van der Waals surface area contributed by atoms with Gasteiger partial charge in [0.1, 0.15) is 12.3 Å². The SMILES string of the molecule is O=C(CS(=O)(=O)c1cn(CC(=O)N2CCCC2)c2ccccc12)NCc1ccccc1Cl. The number of amides is 2. The highest BCUT2D eigenvalue weighted by Gasteiger charge is 2.26. The highest BCUT2D eigenvalue weighted by atomic mass is 35.5. The monoisotopic (exact) mass is 473 g/mol. The Hall–Kier alpha value is -2.84. The molecule has 1 aliphatic heterocycles. The van der Waals surface area contributed by atoms with Crippen LogP contribution in [0.1, 0.15) is 18.4 Å². The fourth-order valence-electron chi connectivity index (χ4n) is 3.94. The lowest BCUT2D eigenvalue weighted by Gasteiger charge is -2.15. The van der Waals surface area contributed by atoms with Crippen molar-refractivity contribution in [1.82, 2.24) is 14.8 Å². The maximum atomic E-state index is 13.1. The van der Waals surface area contributed by atoms with Gasteiger partial charge in [-0.2, -0.15) is 0 Å². The third kappa shape index (κ3) is 4.81. The Kier molecular flexibility index (Phi) is 6.53. The van der Waals surface area contributed by atoms with Crippen LogP contribution in [0, 0.1) is 0 Å². The minimum atomic E-state index is -3.93. The molecule has 0 atom stereocenters. The van der Waals surface area contributed by atoms with E-state index in [4.69, 9.17) is 11.6 Å². The number of fused-ring (bicyclic) bond motifs is 1. The molecule has 2 amide bonds. The number of halogens is 1. The van der Waals surface area contributed by atoms with Crippen LogP contribution in [0.25, 0.3) is 10.9 Å². The molecule has 2 aromatic carbocycles. The van der Waals surface area contributed by atoms with E-state index in [1.807, 2.05) is 0 Å². The maximum Gasteiger partial charge on any atom is 0.242 e. The number of para-hydroxylation sites is 1. The van der Waals surface area contributed by atoms with Crippen molar-refractivity contribution in [2.24, 2.45) is 0 Å². The number of likely N-dealkylation sites (tertiary alicyclic amines) is 1. The number of hydrogen-bond donors (Lipinski definition) is 1. The van der Waals surface area contributed by atoms with Crippen LogP contribution in [-0.4, -0.2) is 48.5 Å². The van der Waals surface area contributed by atoms with E-state index in [1.165, 1.54) is 6.20 Å². The van der Waals surface area contributed by atoms with E-state index >= 15 is 0 Å². The number of aromatic nitrogens is 1. The molecular formula is C23H24ClN3O4S. The van der Waals surface area contributed by atoms with Gasteiger partial charge in [0.05, 0.1) is 4.90 Å². The summed E-state index contributed by atoms with van der Waals surface area (Å²) in [5, 5.41) is 3.62. The lowest BCUT2D eigenvalue weighted by molar-refractivity contribution is -0.130. The van der Waals surface area contributed by atoms with Gasteiger partial charge < -0.3 is 14.8 Å². The molecule has 0 bridgehead atoms. The van der Waals surface area contributed by atoms with Gasteiger partial charge in [0.2, 0.25) is 11.8 Å². The Bertz CT molecular complexity index is 1260. The molecule has 0 radical (unpaired) electrons. The molecular weight excluding hydrogens is 450 g/mol. The number of carbonyl (C=O) groups excluding carboxylic acids is 2. The number of rotatable bonds is 7. The molecule has 0 aliphatic carbocycles. The van der Waals surface area contributed by atoms with Gasteiger partial charge in [0, 0.05) is 41.8 Å². The molecule has 0 spiro atoms. The number of benzene rings is 2. The number of carbonyl (C=O) groups is 2. The standard InChI is InChI=1S/C23H24ClN3O4S/c24-19-9-3-1-7-17(19)13-25-22(28)16-32(30,31)21-14-27(20-10-4-2-8-18(20)21)15-23(29)26-11-5-6-12-26/h1-4,7-10,14H,5-6,11-13,15-16H2,(H,25,28). The van der Waals surface area contributed by atoms with Gasteiger partial charge in [-0.05, 0) is 30.5 Å². The third-order valence-electron chi connectivity index (χ3n) is 5.61. The van der Waals surface area contributed by atoms with E-state index in [1.54, 1.807) is 58.0 Å². The number of nitrogens with one attached hydrogen (secondary N) is 1. The van der Waals surface area contributed by atoms with Gasteiger partial charge in [0.15, 0.2) is 9.84 Å². The van der Waals surface area contributed by atoms with E-state index in [0.29, 0.717) is 21.5 Å². The van der Waals surface area contributed by atoms with Crippen LogP contribution in [0.3, 0.4) is 0 Å². The van der Waals surface area contributed by atoms with Crippen LogP contribution in [0.5, 0.6) is 0 Å². The van der Waals surface area contributed by atoms with Crippen molar-refractivity contribution in [3.8, 4) is 0 Å². The smallest absolute Gasteiger partial charge is 0.242 e. The van der Waals surface area contributed by atoms with Crippen molar-refractivity contribution < 1.29 is 18.0 Å². The summed E-state index contributed by atoms with van der Waals surface area (Å²) in [6, 6.07) is 14.1. The van der Waals surface area contributed by atoms with Gasteiger partial charge in [-0.15, -0.1) is 0 Å². The van der Waals surface area contributed by atoms with Crippen LogP contribution >= 0.6 is 11.6 Å². The van der Waals surface area contributed by atoms with Crippen LogP contribution in [0.4, 0.5) is 0 Å². The molecule has 1 N–H and O–H groups in total. The lowest BCUT2D eigenvalue weighted by Crippen LogP contribution is -2.31. The summed E-state index contributed by atoms with van der Waals surface area (Å²) < 4.78 is 27.8. The number of nitrogens with zero attached hydrogens (tertiary/aromatic N) is 2. The zero-order valence-corrected chi connectivity index (χ0v) is 19.0. The van der Waals surface area contributed by atoms with E-state index in [2.05, 4.69) is 5.32 Å². The molecule has 0 saturated carbocycles. The van der Waals surface area contributed by atoms with Crippen molar-refractivity contribution in [1.29, 1.82) is 0 Å². The second kappa shape index (κ2) is 9.34. The Morgan fingerprint density at radius 2 is 1.69 bits per heavy atom. The highest BCUT2D eigenvalue weighted by molar-refractivity contribution is 7.92. The highest BCUT2D eigenvalue weighted by Crippen LogP contribution is 2.27. The predicted octanol–water partition coefficient (Wildman–Crippen LogP) is 3.01. The zero-order valence-electron chi connectivity index (χ0n) is 17.5. The van der Waals surface area contributed by atoms with Crippen molar-refractivity contribution in [3.05, 3.63) is 65.3 Å². The van der Waals surface area contributed by atoms with Crippen molar-refractivity contribution in [2.45, 2.75) is 30.8 Å². The summed E-state index contributed by atoms with van der Waals surface area (Å²) in [6.07, 6.45) is 3.44. The second-order valence-corrected chi connectivity index (χ2v) is 10.2. The van der Waals surface area contributed by atoms with Gasteiger partial charge in [0.25, 0.3) is 0 Å². The lowest BCUT2D eigenvalue weighted by atomic mass is 10.2. The van der Waals surface area contributed by atoms with Crippen molar-refractivity contribution in [2.75, 3.05) is 18.8 Å². The summed E-state index contributed by atoms with van der Waals surface area (Å²) >= 11 is 6.09. The minimum Gasteiger partial charge on any atom is -0.351 e. The molecule has 1 aliphatic rings. The summed E-state index contributed by atoms with van der Waals surface area (Å²) in [7, 11) is -3.93. The Morgan fingerprint density at radius 1 is 1.00 bits per heavy atom. The van der Waals surface area contributed by atoms with Crippen LogP contribution < -0.4 is 5.32 Å². The van der Waals surface area contributed by atoms with Crippen molar-refractivity contribution >= 4 is 44.2 Å². The van der Waals surface area contributed by atoms with Crippen LogP contribution in [-0.2, 0) is 32.5 Å².